The third-order valence-corrected chi connectivity index (χ3v) is 5.09. The average molecular weight is 376 g/mol. The molecular formula is C21H23F3N2O. The van der Waals surface area contributed by atoms with Gasteiger partial charge < -0.3 is 15.4 Å². The Balaban J connectivity index is 1.69. The molecule has 0 spiro atoms. The summed E-state index contributed by atoms with van der Waals surface area (Å²) in [6.07, 6.45) is -2.25. The van der Waals surface area contributed by atoms with Crippen LogP contribution in [0.5, 0.6) is 0 Å². The van der Waals surface area contributed by atoms with Crippen molar-refractivity contribution >= 4 is 17.7 Å². The summed E-state index contributed by atoms with van der Waals surface area (Å²) in [6, 6.07) is 16.4. The van der Waals surface area contributed by atoms with Gasteiger partial charge in [-0.1, -0.05) is 36.4 Å². The van der Waals surface area contributed by atoms with Gasteiger partial charge in [-0.2, -0.15) is 13.2 Å². The number of rotatable bonds is 6. The van der Waals surface area contributed by atoms with Gasteiger partial charge in [-0.15, -0.1) is 0 Å². The molecule has 0 heterocycles. The molecule has 27 heavy (non-hydrogen) atoms. The van der Waals surface area contributed by atoms with Crippen molar-refractivity contribution < 1.29 is 18.0 Å². The molecule has 6 heteroatoms. The number of benzene rings is 2. The third kappa shape index (κ3) is 5.10. The van der Waals surface area contributed by atoms with Crippen LogP contribution in [0.1, 0.15) is 37.3 Å². The van der Waals surface area contributed by atoms with Crippen molar-refractivity contribution in [3.05, 3.63) is 60.2 Å². The zero-order chi connectivity index (χ0) is 19.3. The third-order valence-electron chi connectivity index (χ3n) is 5.09. The number of nitrogens with one attached hydrogen (secondary N) is 2. The zero-order valence-corrected chi connectivity index (χ0v) is 14.9. The summed E-state index contributed by atoms with van der Waals surface area (Å²) < 4.78 is 38.5. The summed E-state index contributed by atoms with van der Waals surface area (Å²) in [5, 5.41) is 6.55. The molecule has 2 N–H and O–H groups in total. The number of para-hydroxylation sites is 2. The first-order valence-electron chi connectivity index (χ1n) is 9.16. The van der Waals surface area contributed by atoms with Gasteiger partial charge in [0.05, 0.1) is 12.0 Å². The second kappa shape index (κ2) is 8.57. The van der Waals surface area contributed by atoms with Crippen LogP contribution in [0.15, 0.2) is 54.6 Å². The number of carbonyl (C=O) groups is 1. The Morgan fingerprint density at radius 2 is 1.56 bits per heavy atom. The molecule has 1 saturated carbocycles. The average Bonchev–Trinajstić information content (AvgIpc) is 2.67. The largest absolute Gasteiger partial charge is 0.391 e. The van der Waals surface area contributed by atoms with Crippen LogP contribution >= 0.6 is 0 Å². The van der Waals surface area contributed by atoms with Crippen molar-refractivity contribution in [3.8, 4) is 0 Å². The SMILES string of the molecule is O=CC(NC1CCC(C(F)(F)F)CC1)c1ccccc1Nc1ccccc1. The highest BCUT2D eigenvalue weighted by Crippen LogP contribution is 2.38. The summed E-state index contributed by atoms with van der Waals surface area (Å²) >= 11 is 0. The Kier molecular flexibility index (Phi) is 6.16. The van der Waals surface area contributed by atoms with Crippen molar-refractivity contribution in [1.82, 2.24) is 5.32 Å². The topological polar surface area (TPSA) is 41.1 Å². The van der Waals surface area contributed by atoms with E-state index < -0.39 is 18.1 Å². The molecule has 0 radical (unpaired) electrons. The number of anilines is 2. The lowest BCUT2D eigenvalue weighted by molar-refractivity contribution is -0.182. The van der Waals surface area contributed by atoms with Gasteiger partial charge in [-0.25, -0.2) is 0 Å². The first-order chi connectivity index (χ1) is 13.0. The normalized spacial score (nSPS) is 21.4. The van der Waals surface area contributed by atoms with E-state index in [-0.39, 0.29) is 18.9 Å². The lowest BCUT2D eigenvalue weighted by atomic mass is 9.85. The van der Waals surface area contributed by atoms with Gasteiger partial charge in [0.15, 0.2) is 0 Å². The highest BCUT2D eigenvalue weighted by atomic mass is 19.4. The van der Waals surface area contributed by atoms with Gasteiger partial charge in [-0.05, 0) is 49.4 Å². The van der Waals surface area contributed by atoms with Crippen LogP contribution in [0.25, 0.3) is 0 Å². The smallest absolute Gasteiger partial charge is 0.355 e. The Morgan fingerprint density at radius 1 is 0.926 bits per heavy atom. The van der Waals surface area contributed by atoms with E-state index in [2.05, 4.69) is 10.6 Å². The number of halogens is 3. The predicted octanol–water partition coefficient (Wildman–Crippen LogP) is 5.38. The van der Waals surface area contributed by atoms with Crippen LogP contribution in [0, 0.1) is 5.92 Å². The minimum absolute atomic E-state index is 0.0939. The molecule has 1 fully saturated rings. The lowest BCUT2D eigenvalue weighted by Crippen LogP contribution is -2.39. The molecule has 1 unspecified atom stereocenters. The fourth-order valence-electron chi connectivity index (χ4n) is 3.60. The first-order valence-corrected chi connectivity index (χ1v) is 9.16. The molecule has 3 rings (SSSR count). The molecule has 1 aliphatic rings. The van der Waals surface area contributed by atoms with Gasteiger partial charge in [0.2, 0.25) is 0 Å². The Hall–Kier alpha value is -2.34. The number of hydrogen-bond donors (Lipinski definition) is 2. The Morgan fingerprint density at radius 3 is 2.19 bits per heavy atom. The summed E-state index contributed by atoms with van der Waals surface area (Å²) in [5.74, 6) is -1.22. The van der Waals surface area contributed by atoms with Crippen LogP contribution in [0.2, 0.25) is 0 Å². The van der Waals surface area contributed by atoms with E-state index in [9.17, 15) is 18.0 Å². The fraction of sp³-hybridized carbons (Fsp3) is 0.381. The summed E-state index contributed by atoms with van der Waals surface area (Å²) in [7, 11) is 0. The van der Waals surface area contributed by atoms with Crippen molar-refractivity contribution in [1.29, 1.82) is 0 Å². The van der Waals surface area contributed by atoms with Crippen LogP contribution in [0.3, 0.4) is 0 Å². The summed E-state index contributed by atoms with van der Waals surface area (Å²) in [5.41, 5.74) is 2.49. The molecule has 0 amide bonds. The summed E-state index contributed by atoms with van der Waals surface area (Å²) in [6.45, 7) is 0. The number of alkyl halides is 3. The van der Waals surface area contributed by atoms with Gasteiger partial charge in [0.1, 0.15) is 6.29 Å². The van der Waals surface area contributed by atoms with Crippen molar-refractivity contribution in [2.45, 2.75) is 43.9 Å². The van der Waals surface area contributed by atoms with Gasteiger partial charge in [-0.3, -0.25) is 0 Å². The van der Waals surface area contributed by atoms with Crippen LogP contribution in [-0.4, -0.2) is 18.5 Å². The monoisotopic (exact) mass is 376 g/mol. The second-order valence-corrected chi connectivity index (χ2v) is 6.95. The maximum atomic E-state index is 12.8. The van der Waals surface area contributed by atoms with Crippen molar-refractivity contribution in [2.24, 2.45) is 5.92 Å². The minimum atomic E-state index is -4.12. The van der Waals surface area contributed by atoms with Gasteiger partial charge >= 0.3 is 6.18 Å². The van der Waals surface area contributed by atoms with E-state index in [1.54, 1.807) is 0 Å². The molecule has 3 nitrogen and oxygen atoms in total. The van der Waals surface area contributed by atoms with Crippen LogP contribution in [-0.2, 0) is 4.79 Å². The van der Waals surface area contributed by atoms with Gasteiger partial charge in [0, 0.05) is 17.4 Å². The summed E-state index contributed by atoms with van der Waals surface area (Å²) in [4.78, 5) is 11.7. The molecule has 1 aliphatic carbocycles. The van der Waals surface area contributed by atoms with Crippen LogP contribution < -0.4 is 10.6 Å². The molecule has 0 bridgehead atoms. The van der Waals surface area contributed by atoms with E-state index in [1.807, 2.05) is 54.6 Å². The fourth-order valence-corrected chi connectivity index (χ4v) is 3.60. The van der Waals surface area contributed by atoms with E-state index in [4.69, 9.17) is 0 Å². The molecule has 2 aromatic rings. The van der Waals surface area contributed by atoms with E-state index in [0.29, 0.717) is 12.8 Å². The molecular weight excluding hydrogens is 353 g/mol. The first kappa shape index (κ1) is 19.4. The number of aldehydes is 1. The molecule has 0 aliphatic heterocycles. The minimum Gasteiger partial charge on any atom is -0.355 e. The molecule has 1 atom stereocenters. The quantitative estimate of drug-likeness (QED) is 0.665. The van der Waals surface area contributed by atoms with E-state index >= 15 is 0 Å². The highest BCUT2D eigenvalue weighted by Gasteiger charge is 2.41. The predicted molar refractivity (Wildman–Crippen MR) is 99.9 cm³/mol. The van der Waals surface area contributed by atoms with Crippen molar-refractivity contribution in [2.75, 3.05) is 5.32 Å². The molecule has 2 aromatic carbocycles. The molecule has 0 saturated heterocycles. The number of hydrogen-bond acceptors (Lipinski definition) is 3. The standard InChI is InChI=1S/C21H23F3N2O/c22-21(23,24)15-10-12-17(13-11-15)26-20(14-27)18-8-4-5-9-19(18)25-16-6-2-1-3-7-16/h1-9,14-15,17,20,25-26H,10-13H2. The molecule has 0 aromatic heterocycles. The zero-order valence-electron chi connectivity index (χ0n) is 14.9. The Bertz CT molecular complexity index is 741. The van der Waals surface area contributed by atoms with E-state index in [1.165, 1.54) is 0 Å². The maximum absolute atomic E-state index is 12.8. The van der Waals surface area contributed by atoms with Gasteiger partial charge in [0.25, 0.3) is 0 Å². The number of carbonyl (C=O) groups excluding carboxylic acids is 1. The highest BCUT2D eigenvalue weighted by molar-refractivity contribution is 5.71. The second-order valence-electron chi connectivity index (χ2n) is 6.95. The van der Waals surface area contributed by atoms with E-state index in [0.717, 1.165) is 23.2 Å². The van der Waals surface area contributed by atoms with Crippen molar-refractivity contribution in [3.63, 3.8) is 0 Å². The van der Waals surface area contributed by atoms with Crippen LogP contribution in [0.4, 0.5) is 24.5 Å². The maximum Gasteiger partial charge on any atom is 0.391 e. The molecule has 144 valence electrons. The Labute approximate surface area is 157 Å². The lowest BCUT2D eigenvalue weighted by Gasteiger charge is -2.32.